The molecule has 0 atom stereocenters. The van der Waals surface area contributed by atoms with Crippen molar-refractivity contribution >= 4 is 16.8 Å². The third-order valence-electron chi connectivity index (χ3n) is 4.64. The van der Waals surface area contributed by atoms with E-state index in [0.717, 1.165) is 11.2 Å². The molecule has 2 aromatic carbocycles. The van der Waals surface area contributed by atoms with Gasteiger partial charge in [-0.15, -0.1) is 0 Å². The van der Waals surface area contributed by atoms with Gasteiger partial charge in [-0.05, 0) is 42.6 Å². The van der Waals surface area contributed by atoms with Gasteiger partial charge in [-0.3, -0.25) is 9.89 Å². The van der Waals surface area contributed by atoms with Gasteiger partial charge in [-0.2, -0.15) is 5.10 Å². The van der Waals surface area contributed by atoms with Crippen molar-refractivity contribution in [3.05, 3.63) is 72.1 Å². The van der Waals surface area contributed by atoms with E-state index in [1.54, 1.807) is 24.3 Å². The van der Waals surface area contributed by atoms with E-state index in [1.165, 1.54) is 5.39 Å². The first-order valence-corrected chi connectivity index (χ1v) is 8.80. The highest BCUT2D eigenvalue weighted by Gasteiger charge is 2.13. The van der Waals surface area contributed by atoms with Crippen molar-refractivity contribution in [2.75, 3.05) is 6.54 Å². The molecule has 0 bridgehead atoms. The molecular weight excluding hydrogens is 340 g/mol. The van der Waals surface area contributed by atoms with Crippen LogP contribution in [0.3, 0.4) is 0 Å². The molecule has 0 fully saturated rings. The summed E-state index contributed by atoms with van der Waals surface area (Å²) >= 11 is 0. The van der Waals surface area contributed by atoms with E-state index in [-0.39, 0.29) is 11.7 Å². The van der Waals surface area contributed by atoms with E-state index in [0.29, 0.717) is 30.0 Å². The summed E-state index contributed by atoms with van der Waals surface area (Å²) < 4.78 is 2.19. The third-order valence-corrected chi connectivity index (χ3v) is 4.64. The van der Waals surface area contributed by atoms with E-state index in [9.17, 15) is 9.90 Å². The fraction of sp³-hybridized carbons (Fsp3) is 0.143. The zero-order valence-corrected chi connectivity index (χ0v) is 14.9. The van der Waals surface area contributed by atoms with Crippen molar-refractivity contribution in [1.82, 2.24) is 20.1 Å². The first-order valence-electron chi connectivity index (χ1n) is 8.80. The Kier molecular flexibility index (Phi) is 4.38. The SMILES string of the molecule is Cc1cc2ccccc2n1CCNC(=O)c1cc(-c2ccccc2O)n[nH]1. The van der Waals surface area contributed by atoms with Gasteiger partial charge >= 0.3 is 0 Å². The Morgan fingerprint density at radius 1 is 1.15 bits per heavy atom. The van der Waals surface area contributed by atoms with Gasteiger partial charge in [0.15, 0.2) is 0 Å². The highest BCUT2D eigenvalue weighted by molar-refractivity contribution is 5.93. The summed E-state index contributed by atoms with van der Waals surface area (Å²) in [5, 5.41) is 20.9. The summed E-state index contributed by atoms with van der Waals surface area (Å²) in [7, 11) is 0. The Balaban J connectivity index is 1.43. The minimum Gasteiger partial charge on any atom is -0.507 e. The third kappa shape index (κ3) is 3.29. The number of nitrogens with one attached hydrogen (secondary N) is 2. The Labute approximate surface area is 156 Å². The molecule has 0 aliphatic carbocycles. The van der Waals surface area contributed by atoms with Crippen LogP contribution < -0.4 is 5.32 Å². The Hall–Kier alpha value is -3.54. The maximum Gasteiger partial charge on any atom is 0.269 e. The molecule has 2 aromatic heterocycles. The topological polar surface area (TPSA) is 82.9 Å². The lowest BCUT2D eigenvalue weighted by atomic mass is 10.1. The number of aryl methyl sites for hydroxylation is 1. The monoisotopic (exact) mass is 360 g/mol. The molecule has 0 saturated carbocycles. The number of carbonyl (C=O) groups excluding carboxylic acids is 1. The van der Waals surface area contributed by atoms with E-state index >= 15 is 0 Å². The largest absolute Gasteiger partial charge is 0.507 e. The average Bonchev–Trinajstić information content (AvgIpc) is 3.27. The molecule has 6 heteroatoms. The molecule has 0 aliphatic rings. The number of phenolic OH excluding ortho intramolecular Hbond substituents is 1. The molecule has 0 spiro atoms. The molecule has 136 valence electrons. The standard InChI is InChI=1S/C21H20N4O2/c1-14-12-15-6-2-4-8-19(15)25(14)11-10-22-21(27)18-13-17(23-24-18)16-7-3-5-9-20(16)26/h2-9,12-13,26H,10-11H2,1H3,(H,22,27)(H,23,24). The summed E-state index contributed by atoms with van der Waals surface area (Å²) in [6, 6.07) is 18.9. The van der Waals surface area contributed by atoms with E-state index in [1.807, 2.05) is 18.2 Å². The molecule has 2 heterocycles. The van der Waals surface area contributed by atoms with Crippen molar-refractivity contribution in [2.45, 2.75) is 13.5 Å². The van der Waals surface area contributed by atoms with Crippen LogP contribution in [-0.4, -0.2) is 32.3 Å². The van der Waals surface area contributed by atoms with Gasteiger partial charge in [-0.25, -0.2) is 0 Å². The highest BCUT2D eigenvalue weighted by Crippen LogP contribution is 2.27. The number of phenols is 1. The molecule has 0 radical (unpaired) electrons. The number of fused-ring (bicyclic) bond motifs is 1. The van der Waals surface area contributed by atoms with Gasteiger partial charge in [-0.1, -0.05) is 30.3 Å². The number of aromatic nitrogens is 3. The maximum atomic E-state index is 12.4. The zero-order valence-electron chi connectivity index (χ0n) is 14.9. The van der Waals surface area contributed by atoms with Crippen LogP contribution >= 0.6 is 0 Å². The normalized spacial score (nSPS) is 11.0. The number of para-hydroxylation sites is 2. The number of rotatable bonds is 5. The van der Waals surface area contributed by atoms with Crippen LogP contribution in [0, 0.1) is 6.92 Å². The second-order valence-electron chi connectivity index (χ2n) is 6.44. The molecule has 0 unspecified atom stereocenters. The molecule has 4 rings (SSSR count). The number of hydrogen-bond donors (Lipinski definition) is 3. The van der Waals surface area contributed by atoms with Crippen LogP contribution in [0.4, 0.5) is 0 Å². The van der Waals surface area contributed by atoms with Crippen molar-refractivity contribution in [2.24, 2.45) is 0 Å². The van der Waals surface area contributed by atoms with Gasteiger partial charge < -0.3 is 15.0 Å². The van der Waals surface area contributed by atoms with E-state index in [4.69, 9.17) is 0 Å². The number of nitrogens with zero attached hydrogens (tertiary/aromatic N) is 2. The Morgan fingerprint density at radius 3 is 2.78 bits per heavy atom. The lowest BCUT2D eigenvalue weighted by molar-refractivity contribution is 0.0947. The van der Waals surface area contributed by atoms with Crippen LogP contribution in [0.2, 0.25) is 0 Å². The van der Waals surface area contributed by atoms with Gasteiger partial charge in [0.05, 0.1) is 5.69 Å². The zero-order chi connectivity index (χ0) is 18.8. The average molecular weight is 360 g/mol. The van der Waals surface area contributed by atoms with Crippen LogP contribution in [-0.2, 0) is 6.54 Å². The minimum absolute atomic E-state index is 0.130. The Bertz CT molecular complexity index is 1110. The summed E-state index contributed by atoms with van der Waals surface area (Å²) in [4.78, 5) is 12.4. The molecule has 6 nitrogen and oxygen atoms in total. The first-order chi connectivity index (χ1) is 13.1. The lowest BCUT2D eigenvalue weighted by Crippen LogP contribution is -2.27. The van der Waals surface area contributed by atoms with Crippen LogP contribution in [0.5, 0.6) is 5.75 Å². The van der Waals surface area contributed by atoms with Crippen molar-refractivity contribution < 1.29 is 9.90 Å². The Morgan fingerprint density at radius 2 is 1.93 bits per heavy atom. The van der Waals surface area contributed by atoms with E-state index in [2.05, 4.69) is 45.2 Å². The first kappa shape index (κ1) is 16.9. The van der Waals surface area contributed by atoms with Crippen LogP contribution in [0.25, 0.3) is 22.2 Å². The number of amides is 1. The second-order valence-corrected chi connectivity index (χ2v) is 6.44. The maximum absolute atomic E-state index is 12.4. The fourth-order valence-electron chi connectivity index (χ4n) is 3.29. The van der Waals surface area contributed by atoms with Crippen molar-refractivity contribution in [3.63, 3.8) is 0 Å². The van der Waals surface area contributed by atoms with Crippen molar-refractivity contribution in [3.8, 4) is 17.0 Å². The highest BCUT2D eigenvalue weighted by atomic mass is 16.3. The van der Waals surface area contributed by atoms with E-state index < -0.39 is 0 Å². The molecule has 4 aromatic rings. The van der Waals surface area contributed by atoms with Gasteiger partial charge in [0.25, 0.3) is 5.91 Å². The summed E-state index contributed by atoms with van der Waals surface area (Å²) in [6.07, 6.45) is 0. The molecule has 0 saturated heterocycles. The van der Waals surface area contributed by atoms with Gasteiger partial charge in [0.1, 0.15) is 11.4 Å². The number of aromatic amines is 1. The summed E-state index contributed by atoms with van der Waals surface area (Å²) in [5.74, 6) is -0.0933. The fourth-order valence-corrected chi connectivity index (χ4v) is 3.29. The number of aromatic hydroxyl groups is 1. The predicted molar refractivity (Wildman–Crippen MR) is 105 cm³/mol. The molecule has 0 aliphatic heterocycles. The quantitative estimate of drug-likeness (QED) is 0.510. The smallest absolute Gasteiger partial charge is 0.269 e. The second kappa shape index (κ2) is 6.99. The van der Waals surface area contributed by atoms with Crippen molar-refractivity contribution in [1.29, 1.82) is 0 Å². The van der Waals surface area contributed by atoms with Crippen LogP contribution in [0.15, 0.2) is 60.7 Å². The van der Waals surface area contributed by atoms with Gasteiger partial charge in [0, 0.05) is 29.9 Å². The number of benzene rings is 2. The lowest BCUT2D eigenvalue weighted by Gasteiger charge is -2.09. The number of hydrogen-bond acceptors (Lipinski definition) is 3. The summed E-state index contributed by atoms with van der Waals surface area (Å²) in [5.41, 5.74) is 3.80. The minimum atomic E-state index is -0.224. The predicted octanol–water partition coefficient (Wildman–Crippen LogP) is 3.48. The molecular formula is C21H20N4O2. The summed E-state index contributed by atoms with van der Waals surface area (Å²) in [6.45, 7) is 3.25. The van der Waals surface area contributed by atoms with Gasteiger partial charge in [0.2, 0.25) is 0 Å². The molecule has 27 heavy (non-hydrogen) atoms. The molecule has 3 N–H and O–H groups in total. The number of carbonyl (C=O) groups is 1. The molecule has 1 amide bonds. The van der Waals surface area contributed by atoms with Crippen LogP contribution in [0.1, 0.15) is 16.2 Å². The number of H-pyrrole nitrogens is 1.